The molecule has 0 rings (SSSR count). The lowest BCUT2D eigenvalue weighted by Gasteiger charge is -2.06. The van der Waals surface area contributed by atoms with E-state index >= 15 is 0 Å². The molecule has 124 valence electrons. The summed E-state index contributed by atoms with van der Waals surface area (Å²) in [5.41, 5.74) is 0. The number of nitrogens with one attached hydrogen (secondary N) is 4. The van der Waals surface area contributed by atoms with Crippen LogP contribution in [0.4, 0.5) is 0 Å². The summed E-state index contributed by atoms with van der Waals surface area (Å²) in [5.74, 6) is -1.42. The first kappa shape index (κ1) is 20.4. The fourth-order valence-electron chi connectivity index (χ4n) is 0.929. The number of carbonyl (C=O) groups is 4. The quantitative estimate of drug-likeness (QED) is 0.466. The van der Waals surface area contributed by atoms with Crippen molar-refractivity contribution in [3.8, 4) is 0 Å². The lowest BCUT2D eigenvalue weighted by molar-refractivity contribution is -0.128. The van der Waals surface area contributed by atoms with Crippen molar-refractivity contribution in [2.24, 2.45) is 0 Å². The number of ketones is 1. The minimum absolute atomic E-state index is 0. The highest BCUT2D eigenvalue weighted by atomic mass is 16.2. The summed E-state index contributed by atoms with van der Waals surface area (Å²) in [6, 6.07) is 0. The standard InChI is InChI=1S/C10H18N4O4.C2H6.4H2/c1-7(15)3-12-9(17)5-14-10(18)6-13-8(16)4-11-2;1-2;;;;/h11H,3-6H2,1-2H3,(H,12,17)(H,13,16)(H,14,18);1-2H3;4*1H. The highest BCUT2D eigenvalue weighted by Gasteiger charge is 2.07. The Morgan fingerprint density at radius 2 is 1.10 bits per heavy atom. The van der Waals surface area contributed by atoms with E-state index in [2.05, 4.69) is 21.3 Å². The molecule has 0 heterocycles. The second-order valence-corrected chi connectivity index (χ2v) is 3.56. The van der Waals surface area contributed by atoms with Gasteiger partial charge in [-0.05, 0) is 14.0 Å². The lowest BCUT2D eigenvalue weighted by Crippen LogP contribution is -2.44. The molecular formula is C12H32N4O4. The lowest BCUT2D eigenvalue weighted by atomic mass is 10.4. The first-order valence-electron chi connectivity index (χ1n) is 6.39. The van der Waals surface area contributed by atoms with Gasteiger partial charge in [0.25, 0.3) is 0 Å². The molecule has 0 fully saturated rings. The molecule has 20 heavy (non-hydrogen) atoms. The second-order valence-electron chi connectivity index (χ2n) is 3.56. The van der Waals surface area contributed by atoms with E-state index in [0.29, 0.717) is 0 Å². The molecule has 0 bridgehead atoms. The maximum Gasteiger partial charge on any atom is 0.239 e. The minimum Gasteiger partial charge on any atom is -0.348 e. The topological polar surface area (TPSA) is 116 Å². The van der Waals surface area contributed by atoms with Crippen molar-refractivity contribution in [1.82, 2.24) is 21.3 Å². The molecule has 3 amide bonds. The zero-order chi connectivity index (χ0) is 16.0. The Hall–Kier alpha value is -1.96. The van der Waals surface area contributed by atoms with E-state index in [1.807, 2.05) is 13.8 Å². The Morgan fingerprint density at radius 1 is 0.750 bits per heavy atom. The maximum atomic E-state index is 11.2. The van der Waals surface area contributed by atoms with Crippen LogP contribution in [-0.4, -0.2) is 56.7 Å². The predicted octanol–water partition coefficient (Wildman–Crippen LogP) is -0.846. The summed E-state index contributed by atoms with van der Waals surface area (Å²) in [6.45, 7) is 4.98. The third kappa shape index (κ3) is 14.1. The van der Waals surface area contributed by atoms with Gasteiger partial charge in [-0.2, -0.15) is 0 Å². The van der Waals surface area contributed by atoms with Crippen LogP contribution < -0.4 is 21.3 Å². The molecule has 0 spiro atoms. The van der Waals surface area contributed by atoms with E-state index in [-0.39, 0.29) is 43.6 Å². The highest BCUT2D eigenvalue weighted by Crippen LogP contribution is 1.70. The Labute approximate surface area is 125 Å². The van der Waals surface area contributed by atoms with E-state index in [4.69, 9.17) is 0 Å². The van der Waals surface area contributed by atoms with Crippen LogP contribution in [0.2, 0.25) is 0 Å². The molecule has 0 unspecified atom stereocenters. The van der Waals surface area contributed by atoms with Crippen LogP contribution in [0.25, 0.3) is 0 Å². The van der Waals surface area contributed by atoms with Crippen LogP contribution in [0.15, 0.2) is 0 Å². The molecular weight excluding hydrogens is 264 g/mol. The van der Waals surface area contributed by atoms with Crippen LogP contribution in [0, 0.1) is 0 Å². The van der Waals surface area contributed by atoms with Crippen molar-refractivity contribution >= 4 is 23.5 Å². The Balaban J connectivity index is -0.000000130. The van der Waals surface area contributed by atoms with E-state index in [1.54, 1.807) is 7.05 Å². The first-order valence-corrected chi connectivity index (χ1v) is 6.39. The highest BCUT2D eigenvalue weighted by molar-refractivity contribution is 5.90. The summed E-state index contributed by atoms with van der Waals surface area (Å²) in [5, 5.41) is 9.62. The average Bonchev–Trinajstić information content (AvgIpc) is 2.43. The minimum atomic E-state index is -0.475. The van der Waals surface area contributed by atoms with E-state index in [0.717, 1.165) is 0 Å². The largest absolute Gasteiger partial charge is 0.348 e. The zero-order valence-corrected chi connectivity index (χ0v) is 12.5. The van der Waals surface area contributed by atoms with Crippen molar-refractivity contribution in [1.29, 1.82) is 0 Å². The molecule has 0 radical (unpaired) electrons. The third-order valence-corrected chi connectivity index (χ3v) is 1.76. The van der Waals surface area contributed by atoms with Gasteiger partial charge in [0.1, 0.15) is 5.78 Å². The summed E-state index contributed by atoms with van der Waals surface area (Å²) in [6.07, 6.45) is 0. The number of carbonyl (C=O) groups excluding carboxylic acids is 4. The molecule has 0 aliphatic heterocycles. The van der Waals surface area contributed by atoms with Gasteiger partial charge in [-0.25, -0.2) is 0 Å². The van der Waals surface area contributed by atoms with E-state index < -0.39 is 11.8 Å². The Morgan fingerprint density at radius 3 is 1.45 bits per heavy atom. The molecule has 0 aromatic carbocycles. The second kappa shape index (κ2) is 13.5. The van der Waals surface area contributed by atoms with Crippen molar-refractivity contribution in [3.05, 3.63) is 0 Å². The third-order valence-electron chi connectivity index (χ3n) is 1.76. The number of amides is 3. The Bertz CT molecular complexity index is 347. The summed E-state index contributed by atoms with van der Waals surface area (Å²) < 4.78 is 0. The smallest absolute Gasteiger partial charge is 0.239 e. The molecule has 8 heteroatoms. The fourth-order valence-corrected chi connectivity index (χ4v) is 0.929. The molecule has 0 aliphatic rings. The van der Waals surface area contributed by atoms with Gasteiger partial charge in [-0.15, -0.1) is 0 Å². The average molecular weight is 296 g/mol. The monoisotopic (exact) mass is 296 g/mol. The molecule has 0 aliphatic carbocycles. The van der Waals surface area contributed by atoms with Gasteiger partial charge >= 0.3 is 0 Å². The van der Waals surface area contributed by atoms with Gasteiger partial charge in [-0.3, -0.25) is 19.2 Å². The number of rotatable bonds is 8. The van der Waals surface area contributed by atoms with Gasteiger partial charge in [0.2, 0.25) is 17.7 Å². The van der Waals surface area contributed by atoms with Gasteiger partial charge in [0.05, 0.1) is 26.2 Å². The Kier molecular flexibility index (Phi) is 13.7. The SMILES string of the molecule is CC.CNCC(=O)NCC(=O)NCC(=O)NCC(C)=O.[HH].[HH].[HH].[HH]. The molecule has 0 aromatic heterocycles. The van der Waals surface area contributed by atoms with Gasteiger partial charge in [0, 0.05) is 5.71 Å². The molecule has 8 nitrogen and oxygen atoms in total. The number of Topliss-reactive ketones (excluding diaryl/α,β-unsaturated/α-hetero) is 1. The normalized spacial score (nSPS) is 8.80. The molecule has 0 saturated carbocycles. The van der Waals surface area contributed by atoms with E-state index in [9.17, 15) is 19.2 Å². The summed E-state index contributed by atoms with van der Waals surface area (Å²) >= 11 is 0. The van der Waals surface area contributed by atoms with Crippen LogP contribution in [0.1, 0.15) is 26.5 Å². The van der Waals surface area contributed by atoms with Crippen molar-refractivity contribution in [3.63, 3.8) is 0 Å². The van der Waals surface area contributed by atoms with Crippen LogP contribution >= 0.6 is 0 Å². The molecule has 0 aromatic rings. The maximum absolute atomic E-state index is 11.2. The molecule has 4 N–H and O–H groups in total. The van der Waals surface area contributed by atoms with Crippen LogP contribution in [0.5, 0.6) is 0 Å². The van der Waals surface area contributed by atoms with Crippen LogP contribution in [-0.2, 0) is 19.2 Å². The molecule has 0 saturated heterocycles. The molecule has 0 atom stereocenters. The zero-order valence-electron chi connectivity index (χ0n) is 12.5. The number of hydrogen-bond donors (Lipinski definition) is 4. The number of hydrogen-bond acceptors (Lipinski definition) is 5. The van der Waals surface area contributed by atoms with Gasteiger partial charge in [0.15, 0.2) is 0 Å². The first-order chi connectivity index (χ1) is 9.45. The summed E-state index contributed by atoms with van der Waals surface area (Å²) in [4.78, 5) is 43.9. The van der Waals surface area contributed by atoms with Crippen molar-refractivity contribution in [2.75, 3.05) is 33.2 Å². The fraction of sp³-hybridized carbons (Fsp3) is 0.667. The van der Waals surface area contributed by atoms with Crippen molar-refractivity contribution in [2.45, 2.75) is 20.8 Å². The van der Waals surface area contributed by atoms with Crippen LogP contribution in [0.3, 0.4) is 0 Å². The number of likely N-dealkylation sites (N-methyl/N-ethyl adjacent to an activating group) is 1. The van der Waals surface area contributed by atoms with Gasteiger partial charge in [-0.1, -0.05) is 13.8 Å². The summed E-state index contributed by atoms with van der Waals surface area (Å²) in [7, 11) is 1.61. The van der Waals surface area contributed by atoms with Gasteiger partial charge < -0.3 is 21.3 Å². The predicted molar refractivity (Wildman–Crippen MR) is 83.4 cm³/mol. The van der Waals surface area contributed by atoms with E-state index in [1.165, 1.54) is 6.92 Å². The van der Waals surface area contributed by atoms with Crippen molar-refractivity contribution < 1.29 is 24.9 Å².